The molecule has 0 spiro atoms. The first kappa shape index (κ1) is 23.2. The Hall–Kier alpha value is -0.790. The Bertz CT molecular complexity index is 284. The van der Waals surface area contributed by atoms with Gasteiger partial charge in [0.25, 0.3) is 0 Å². The fourth-order valence-corrected chi connectivity index (χ4v) is 2.86. The Kier molecular flexibility index (Phi) is 19.6. The molecule has 0 radical (unpaired) electrons. The van der Waals surface area contributed by atoms with Gasteiger partial charge in [0, 0.05) is 6.42 Å². The molecule has 0 saturated heterocycles. The monoisotopic (exact) mass is 338 g/mol. The van der Waals surface area contributed by atoms with E-state index in [1.54, 1.807) is 6.26 Å². The van der Waals surface area contributed by atoms with E-state index in [-0.39, 0.29) is 5.97 Å². The lowest BCUT2D eigenvalue weighted by Crippen LogP contribution is -1.98. The molecular formula is C22H42O2. The number of esters is 1. The normalized spacial score (nSPS) is 11.2. The van der Waals surface area contributed by atoms with E-state index < -0.39 is 0 Å². The molecule has 0 atom stereocenters. The largest absolute Gasteiger partial charge is 0.435 e. The Morgan fingerprint density at radius 2 is 1.12 bits per heavy atom. The van der Waals surface area contributed by atoms with Crippen LogP contribution in [0.25, 0.3) is 0 Å². The molecule has 0 fully saturated rings. The molecule has 2 heteroatoms. The zero-order chi connectivity index (χ0) is 17.7. The second-order valence-electron chi connectivity index (χ2n) is 7.00. The maximum atomic E-state index is 11.5. The number of rotatable bonds is 18. The van der Waals surface area contributed by atoms with Crippen LogP contribution in [0.2, 0.25) is 0 Å². The minimum absolute atomic E-state index is 0.0779. The van der Waals surface area contributed by atoms with Crippen LogP contribution < -0.4 is 0 Å². The minimum atomic E-state index is -0.0779. The summed E-state index contributed by atoms with van der Waals surface area (Å²) < 4.78 is 5.08. The Morgan fingerprint density at radius 1 is 0.667 bits per heavy atom. The van der Waals surface area contributed by atoms with Crippen molar-refractivity contribution in [1.29, 1.82) is 0 Å². The van der Waals surface area contributed by atoms with Crippen molar-refractivity contribution < 1.29 is 9.53 Å². The van der Waals surface area contributed by atoms with Gasteiger partial charge in [0.05, 0.1) is 6.26 Å². The lowest BCUT2D eigenvalue weighted by atomic mass is 10.0. The van der Waals surface area contributed by atoms with Gasteiger partial charge in [0.2, 0.25) is 0 Å². The second-order valence-corrected chi connectivity index (χ2v) is 7.00. The van der Waals surface area contributed by atoms with Crippen LogP contribution in [-0.4, -0.2) is 5.97 Å². The highest BCUT2D eigenvalue weighted by atomic mass is 16.5. The van der Waals surface area contributed by atoms with Crippen molar-refractivity contribution in [1.82, 2.24) is 0 Å². The summed E-state index contributed by atoms with van der Waals surface area (Å²) in [6, 6.07) is 0. The molecule has 0 rings (SSSR count). The molecule has 0 amide bonds. The summed E-state index contributed by atoms with van der Waals surface area (Å²) in [5.74, 6) is -0.0779. The highest BCUT2D eigenvalue weighted by Gasteiger charge is 2.00. The zero-order valence-corrected chi connectivity index (χ0v) is 16.5. The molecule has 0 aliphatic carbocycles. The third kappa shape index (κ3) is 19.3. The van der Waals surface area contributed by atoms with Crippen LogP contribution in [0, 0.1) is 0 Å². The lowest BCUT2D eigenvalue weighted by Gasteiger charge is -2.03. The van der Waals surface area contributed by atoms with Crippen LogP contribution in [0.15, 0.2) is 12.3 Å². The average molecular weight is 339 g/mol. The zero-order valence-electron chi connectivity index (χ0n) is 16.5. The molecule has 0 N–H and O–H groups in total. The third-order valence-corrected chi connectivity index (χ3v) is 4.50. The smallest absolute Gasteiger partial charge is 0.310 e. The van der Waals surface area contributed by atoms with Crippen LogP contribution in [0.1, 0.15) is 123 Å². The fourth-order valence-electron chi connectivity index (χ4n) is 2.86. The molecule has 0 aliphatic heterocycles. The molecule has 0 saturated carbocycles. The van der Waals surface area contributed by atoms with Crippen LogP contribution in [0.5, 0.6) is 0 Å². The van der Waals surface area contributed by atoms with Gasteiger partial charge in [-0.15, -0.1) is 0 Å². The molecule has 0 unspecified atom stereocenters. The van der Waals surface area contributed by atoms with Crippen LogP contribution in [-0.2, 0) is 9.53 Å². The van der Waals surface area contributed by atoms with Crippen LogP contribution in [0.4, 0.5) is 0 Å². The summed E-state index contributed by atoms with van der Waals surface area (Å²) in [6.07, 6.45) is 24.7. The summed E-state index contributed by atoms with van der Waals surface area (Å²) in [5, 5.41) is 0. The molecule has 0 aliphatic rings. The predicted molar refractivity (Wildman–Crippen MR) is 105 cm³/mol. The van der Waals surface area contributed by atoms with Crippen molar-refractivity contribution in [3.63, 3.8) is 0 Å². The number of hydrogen-bond donors (Lipinski definition) is 0. The van der Waals surface area contributed by atoms with Gasteiger partial charge in [0.15, 0.2) is 0 Å². The SMILES string of the molecule is CCCCC=COC(=O)CCCCCCCCCCCCCCC. The maximum absolute atomic E-state index is 11.5. The lowest BCUT2D eigenvalue weighted by molar-refractivity contribution is -0.138. The van der Waals surface area contributed by atoms with E-state index in [2.05, 4.69) is 13.8 Å². The van der Waals surface area contributed by atoms with Gasteiger partial charge in [-0.05, 0) is 25.3 Å². The van der Waals surface area contributed by atoms with Crippen molar-refractivity contribution in [2.24, 2.45) is 0 Å². The summed E-state index contributed by atoms with van der Waals surface area (Å²) in [5.41, 5.74) is 0. The number of unbranched alkanes of at least 4 members (excludes halogenated alkanes) is 14. The Balaban J connectivity index is 3.16. The van der Waals surface area contributed by atoms with Crippen molar-refractivity contribution in [3.8, 4) is 0 Å². The standard InChI is InChI=1S/C22H42O2/c1-3-5-7-9-10-11-12-13-14-15-16-17-18-20-22(23)24-21-19-8-6-4-2/h19,21H,3-18,20H2,1-2H3. The highest BCUT2D eigenvalue weighted by Crippen LogP contribution is 2.13. The first-order valence-corrected chi connectivity index (χ1v) is 10.7. The Morgan fingerprint density at radius 3 is 1.62 bits per heavy atom. The van der Waals surface area contributed by atoms with Gasteiger partial charge in [-0.25, -0.2) is 0 Å². The molecule has 0 bridgehead atoms. The first-order valence-electron chi connectivity index (χ1n) is 10.7. The second kappa shape index (κ2) is 20.3. The van der Waals surface area contributed by atoms with Gasteiger partial charge in [-0.1, -0.05) is 97.3 Å². The van der Waals surface area contributed by atoms with Crippen molar-refractivity contribution >= 4 is 5.97 Å². The molecule has 2 nitrogen and oxygen atoms in total. The number of allylic oxidation sites excluding steroid dienone is 1. The van der Waals surface area contributed by atoms with Crippen molar-refractivity contribution in [3.05, 3.63) is 12.3 Å². The number of carbonyl (C=O) groups is 1. The number of ether oxygens (including phenoxy) is 1. The molecule has 24 heavy (non-hydrogen) atoms. The predicted octanol–water partition coefficient (Wildman–Crippen LogP) is 7.71. The molecule has 142 valence electrons. The fraction of sp³-hybridized carbons (Fsp3) is 0.864. The summed E-state index contributed by atoms with van der Waals surface area (Å²) >= 11 is 0. The minimum Gasteiger partial charge on any atom is -0.435 e. The summed E-state index contributed by atoms with van der Waals surface area (Å²) in [7, 11) is 0. The van der Waals surface area contributed by atoms with Gasteiger partial charge in [-0.3, -0.25) is 4.79 Å². The van der Waals surface area contributed by atoms with Crippen molar-refractivity contribution in [2.45, 2.75) is 123 Å². The van der Waals surface area contributed by atoms with Gasteiger partial charge in [-0.2, -0.15) is 0 Å². The van der Waals surface area contributed by atoms with Gasteiger partial charge < -0.3 is 4.74 Å². The molecule has 0 aromatic heterocycles. The van der Waals surface area contributed by atoms with E-state index in [0.717, 1.165) is 25.7 Å². The van der Waals surface area contributed by atoms with E-state index >= 15 is 0 Å². The molecule has 0 heterocycles. The van der Waals surface area contributed by atoms with Crippen molar-refractivity contribution in [2.75, 3.05) is 0 Å². The molecule has 0 aromatic carbocycles. The molecule has 0 aromatic rings. The van der Waals surface area contributed by atoms with Gasteiger partial charge in [0.1, 0.15) is 0 Å². The van der Waals surface area contributed by atoms with Gasteiger partial charge >= 0.3 is 5.97 Å². The van der Waals surface area contributed by atoms with E-state index in [4.69, 9.17) is 4.74 Å². The van der Waals surface area contributed by atoms with Crippen LogP contribution >= 0.6 is 0 Å². The number of carbonyl (C=O) groups excluding carboxylic acids is 1. The van der Waals surface area contributed by atoms with Crippen LogP contribution in [0.3, 0.4) is 0 Å². The maximum Gasteiger partial charge on any atom is 0.310 e. The average Bonchev–Trinajstić information content (AvgIpc) is 2.59. The topological polar surface area (TPSA) is 26.3 Å². The Labute approximate surface area is 151 Å². The number of hydrogen-bond acceptors (Lipinski definition) is 2. The van der Waals surface area contributed by atoms with E-state index in [9.17, 15) is 4.79 Å². The van der Waals surface area contributed by atoms with E-state index in [1.807, 2.05) is 6.08 Å². The van der Waals surface area contributed by atoms with E-state index in [1.165, 1.54) is 77.0 Å². The molecular weight excluding hydrogens is 296 g/mol. The summed E-state index contributed by atoms with van der Waals surface area (Å²) in [6.45, 7) is 4.43. The quantitative estimate of drug-likeness (QED) is 0.145. The summed E-state index contributed by atoms with van der Waals surface area (Å²) in [4.78, 5) is 11.5. The third-order valence-electron chi connectivity index (χ3n) is 4.50. The van der Waals surface area contributed by atoms with E-state index in [0.29, 0.717) is 6.42 Å². The highest BCUT2D eigenvalue weighted by molar-refractivity contribution is 5.69. The first-order chi connectivity index (χ1) is 11.8.